The number of carbonyl (C=O) groups is 1. The number of nitrogens with one attached hydrogen (secondary N) is 1. The molecule has 0 unspecified atom stereocenters. The van der Waals surface area contributed by atoms with E-state index in [0.717, 1.165) is 30.4 Å². The minimum absolute atomic E-state index is 0.0571. The van der Waals surface area contributed by atoms with E-state index in [-0.39, 0.29) is 6.03 Å². The van der Waals surface area contributed by atoms with Crippen LogP contribution in [0.5, 0.6) is 0 Å². The second-order valence-corrected chi connectivity index (χ2v) is 8.01. The summed E-state index contributed by atoms with van der Waals surface area (Å²) in [6, 6.07) is 0.431. The van der Waals surface area contributed by atoms with Crippen LogP contribution in [0.4, 0.5) is 10.6 Å². The highest BCUT2D eigenvalue weighted by Crippen LogP contribution is 2.45. The van der Waals surface area contributed by atoms with Crippen LogP contribution >= 0.6 is 0 Å². The SMILES string of the molecule is Cc1cnn([C@@H](C)C2CC2)c1NC(=O)N1CCC2(CCCC2)C1. The summed E-state index contributed by atoms with van der Waals surface area (Å²) >= 11 is 0. The predicted molar refractivity (Wildman–Crippen MR) is 90.5 cm³/mol. The summed E-state index contributed by atoms with van der Waals surface area (Å²) in [5.41, 5.74) is 1.48. The van der Waals surface area contributed by atoms with Gasteiger partial charge in [0.1, 0.15) is 5.82 Å². The van der Waals surface area contributed by atoms with Crippen molar-refractivity contribution in [2.75, 3.05) is 18.4 Å². The Morgan fingerprint density at radius 1 is 1.35 bits per heavy atom. The number of carbonyl (C=O) groups excluding carboxylic acids is 1. The molecule has 4 rings (SSSR count). The summed E-state index contributed by atoms with van der Waals surface area (Å²) in [7, 11) is 0. The molecule has 3 fully saturated rings. The van der Waals surface area contributed by atoms with Gasteiger partial charge in [-0.25, -0.2) is 9.48 Å². The van der Waals surface area contributed by atoms with E-state index in [1.54, 1.807) is 0 Å². The lowest BCUT2D eigenvalue weighted by atomic mass is 9.86. The number of rotatable bonds is 3. The average molecular weight is 316 g/mol. The molecule has 2 aliphatic carbocycles. The molecule has 1 aromatic rings. The third kappa shape index (κ3) is 2.74. The third-order valence-electron chi connectivity index (χ3n) is 6.28. The molecule has 3 aliphatic rings. The number of nitrogens with zero attached hydrogens (tertiary/aromatic N) is 3. The Morgan fingerprint density at radius 2 is 2.09 bits per heavy atom. The summed E-state index contributed by atoms with van der Waals surface area (Å²) in [4.78, 5) is 14.8. The first-order valence-electron chi connectivity index (χ1n) is 9.18. The number of aryl methyl sites for hydroxylation is 1. The highest BCUT2D eigenvalue weighted by Gasteiger charge is 2.42. The van der Waals surface area contributed by atoms with Crippen LogP contribution in [0.2, 0.25) is 0 Å². The van der Waals surface area contributed by atoms with E-state index in [4.69, 9.17) is 0 Å². The molecule has 5 nitrogen and oxygen atoms in total. The topological polar surface area (TPSA) is 50.2 Å². The summed E-state index contributed by atoms with van der Waals surface area (Å²) in [5.74, 6) is 1.61. The molecule has 0 radical (unpaired) electrons. The lowest BCUT2D eigenvalue weighted by Crippen LogP contribution is -2.35. The van der Waals surface area contributed by atoms with Crippen LogP contribution in [-0.4, -0.2) is 33.8 Å². The standard InChI is InChI=1S/C18H28N4O/c1-13-11-19-22(14(2)15-5-6-15)16(13)20-17(23)21-10-9-18(12-21)7-3-4-8-18/h11,14-15H,3-10,12H2,1-2H3,(H,20,23)/t14-/m0/s1. The second kappa shape index (κ2) is 5.53. The number of hydrogen-bond donors (Lipinski definition) is 1. The van der Waals surface area contributed by atoms with Crippen molar-refractivity contribution >= 4 is 11.8 Å². The Labute approximate surface area is 138 Å². The number of anilines is 1. The van der Waals surface area contributed by atoms with Crippen molar-refractivity contribution in [3.8, 4) is 0 Å². The first-order valence-corrected chi connectivity index (χ1v) is 9.18. The summed E-state index contributed by atoms with van der Waals surface area (Å²) in [6.07, 6.45) is 10.9. The highest BCUT2D eigenvalue weighted by molar-refractivity contribution is 5.89. The smallest absolute Gasteiger partial charge is 0.323 e. The summed E-state index contributed by atoms with van der Waals surface area (Å²) < 4.78 is 2.02. The van der Waals surface area contributed by atoms with Crippen molar-refractivity contribution in [1.82, 2.24) is 14.7 Å². The number of aromatic nitrogens is 2. The molecule has 1 atom stereocenters. The molecule has 0 bridgehead atoms. The first kappa shape index (κ1) is 15.0. The zero-order valence-electron chi connectivity index (χ0n) is 14.3. The van der Waals surface area contributed by atoms with E-state index in [9.17, 15) is 4.79 Å². The largest absolute Gasteiger partial charge is 0.324 e. The minimum atomic E-state index is 0.0571. The highest BCUT2D eigenvalue weighted by atomic mass is 16.2. The molecule has 1 N–H and O–H groups in total. The van der Waals surface area contributed by atoms with Gasteiger partial charge in [0.05, 0.1) is 12.2 Å². The molecule has 0 aromatic carbocycles. The van der Waals surface area contributed by atoms with E-state index >= 15 is 0 Å². The maximum Gasteiger partial charge on any atom is 0.323 e. The Morgan fingerprint density at radius 3 is 2.78 bits per heavy atom. The van der Waals surface area contributed by atoms with Gasteiger partial charge in [-0.2, -0.15) is 5.10 Å². The van der Waals surface area contributed by atoms with Gasteiger partial charge < -0.3 is 4.90 Å². The van der Waals surface area contributed by atoms with Crippen molar-refractivity contribution in [3.05, 3.63) is 11.8 Å². The number of hydrogen-bond acceptors (Lipinski definition) is 2. The van der Waals surface area contributed by atoms with Gasteiger partial charge in [-0.3, -0.25) is 5.32 Å². The van der Waals surface area contributed by atoms with E-state index in [1.807, 2.05) is 22.7 Å². The van der Waals surface area contributed by atoms with E-state index < -0.39 is 0 Å². The van der Waals surface area contributed by atoms with Gasteiger partial charge in [-0.05, 0) is 57.3 Å². The summed E-state index contributed by atoms with van der Waals surface area (Å²) in [6.45, 7) is 6.08. The van der Waals surface area contributed by atoms with Crippen LogP contribution in [0.1, 0.15) is 63.5 Å². The Hall–Kier alpha value is -1.52. The molecule has 2 amide bonds. The van der Waals surface area contributed by atoms with Crippen LogP contribution in [0, 0.1) is 18.3 Å². The fraction of sp³-hybridized carbons (Fsp3) is 0.778. The Kier molecular flexibility index (Phi) is 3.62. The number of amides is 2. The average Bonchev–Trinajstić information content (AvgIpc) is 2.99. The zero-order valence-corrected chi connectivity index (χ0v) is 14.3. The lowest BCUT2D eigenvalue weighted by molar-refractivity contribution is 0.212. The summed E-state index contributed by atoms with van der Waals surface area (Å²) in [5, 5.41) is 7.67. The zero-order chi connectivity index (χ0) is 16.0. The predicted octanol–water partition coefficient (Wildman–Crippen LogP) is 3.96. The van der Waals surface area contributed by atoms with Gasteiger partial charge in [0.2, 0.25) is 0 Å². The van der Waals surface area contributed by atoms with Crippen molar-refractivity contribution in [2.45, 2.75) is 64.8 Å². The van der Waals surface area contributed by atoms with Gasteiger partial charge in [0.25, 0.3) is 0 Å². The lowest BCUT2D eigenvalue weighted by Gasteiger charge is -2.24. The molecule has 23 heavy (non-hydrogen) atoms. The van der Waals surface area contributed by atoms with Gasteiger partial charge in [-0.15, -0.1) is 0 Å². The van der Waals surface area contributed by atoms with Gasteiger partial charge in [0, 0.05) is 18.7 Å². The molecule has 2 heterocycles. The van der Waals surface area contributed by atoms with Crippen molar-refractivity contribution in [1.29, 1.82) is 0 Å². The van der Waals surface area contributed by atoms with E-state index in [0.29, 0.717) is 11.5 Å². The second-order valence-electron chi connectivity index (χ2n) is 8.01. The molecule has 2 saturated carbocycles. The molecule has 1 aromatic heterocycles. The van der Waals surface area contributed by atoms with Gasteiger partial charge in [0.15, 0.2) is 0 Å². The van der Waals surface area contributed by atoms with Crippen molar-refractivity contribution < 1.29 is 4.79 Å². The fourth-order valence-corrected chi connectivity index (χ4v) is 4.51. The van der Waals surface area contributed by atoms with E-state index in [2.05, 4.69) is 17.3 Å². The van der Waals surface area contributed by atoms with Crippen LogP contribution in [0.3, 0.4) is 0 Å². The minimum Gasteiger partial charge on any atom is -0.324 e. The fourth-order valence-electron chi connectivity index (χ4n) is 4.51. The monoisotopic (exact) mass is 316 g/mol. The maximum atomic E-state index is 12.7. The molecular formula is C18H28N4O. The number of urea groups is 1. The molecule has 126 valence electrons. The Balaban J connectivity index is 1.46. The normalized spacial score (nSPS) is 24.3. The first-order chi connectivity index (χ1) is 11.1. The van der Waals surface area contributed by atoms with Crippen LogP contribution in [0.25, 0.3) is 0 Å². The van der Waals surface area contributed by atoms with Gasteiger partial charge >= 0.3 is 6.03 Å². The third-order valence-corrected chi connectivity index (χ3v) is 6.28. The van der Waals surface area contributed by atoms with E-state index in [1.165, 1.54) is 44.9 Å². The molecule has 5 heteroatoms. The van der Waals surface area contributed by atoms with Crippen molar-refractivity contribution in [2.24, 2.45) is 11.3 Å². The van der Waals surface area contributed by atoms with Crippen LogP contribution in [-0.2, 0) is 0 Å². The molecule has 1 aliphatic heterocycles. The van der Waals surface area contributed by atoms with Crippen LogP contribution < -0.4 is 5.32 Å². The molecular weight excluding hydrogens is 288 g/mol. The molecule has 1 saturated heterocycles. The van der Waals surface area contributed by atoms with Crippen LogP contribution in [0.15, 0.2) is 6.20 Å². The van der Waals surface area contributed by atoms with Gasteiger partial charge in [-0.1, -0.05) is 12.8 Å². The quantitative estimate of drug-likeness (QED) is 0.917. The molecule has 1 spiro atoms. The maximum absolute atomic E-state index is 12.7. The number of likely N-dealkylation sites (tertiary alicyclic amines) is 1. The van der Waals surface area contributed by atoms with Crippen molar-refractivity contribution in [3.63, 3.8) is 0 Å². The Bertz CT molecular complexity index is 598.